The van der Waals surface area contributed by atoms with Crippen LogP contribution in [-0.4, -0.2) is 5.78 Å². The average molecular weight is 204 g/mol. The summed E-state index contributed by atoms with van der Waals surface area (Å²) >= 11 is 0. The molecule has 0 aromatic heterocycles. The van der Waals surface area contributed by atoms with Crippen LogP contribution in [0.15, 0.2) is 12.1 Å². The number of aryl methyl sites for hydroxylation is 3. The van der Waals surface area contributed by atoms with E-state index >= 15 is 0 Å². The van der Waals surface area contributed by atoms with Crippen molar-refractivity contribution in [1.29, 1.82) is 0 Å². The topological polar surface area (TPSA) is 17.1 Å². The van der Waals surface area contributed by atoms with Gasteiger partial charge in [0.1, 0.15) is 5.78 Å². The van der Waals surface area contributed by atoms with Crippen molar-refractivity contribution in [2.45, 2.75) is 47.0 Å². The van der Waals surface area contributed by atoms with Crippen LogP contribution in [-0.2, 0) is 11.2 Å². The lowest BCUT2D eigenvalue weighted by atomic mass is 9.95. The molecule has 1 aromatic rings. The maximum Gasteiger partial charge on any atom is 0.129 e. The molecule has 0 aliphatic rings. The second-order valence-electron chi connectivity index (χ2n) is 4.43. The second kappa shape index (κ2) is 5.11. The molecule has 1 rings (SSSR count). The van der Waals surface area contributed by atoms with Crippen molar-refractivity contribution in [2.75, 3.05) is 0 Å². The number of carbonyl (C=O) groups excluding carboxylic acids is 1. The van der Waals surface area contributed by atoms with Gasteiger partial charge in [0.15, 0.2) is 0 Å². The first kappa shape index (κ1) is 12.0. The van der Waals surface area contributed by atoms with Gasteiger partial charge in [0.2, 0.25) is 0 Å². The van der Waals surface area contributed by atoms with Gasteiger partial charge < -0.3 is 4.79 Å². The Morgan fingerprint density at radius 3 is 2.13 bits per heavy atom. The Balaban J connectivity index is 2.72. The van der Waals surface area contributed by atoms with E-state index < -0.39 is 0 Å². The minimum atomic E-state index is 0.289. The molecule has 0 N–H and O–H groups in total. The van der Waals surface area contributed by atoms with E-state index in [4.69, 9.17) is 0 Å². The van der Waals surface area contributed by atoms with Gasteiger partial charge in [-0.25, -0.2) is 0 Å². The molecule has 0 fully saturated rings. The third-order valence-corrected chi connectivity index (χ3v) is 2.80. The maximum absolute atomic E-state index is 10.9. The number of hydrogen-bond acceptors (Lipinski definition) is 1. The highest BCUT2D eigenvalue weighted by atomic mass is 16.1. The zero-order valence-electron chi connectivity index (χ0n) is 10.2. The summed E-state index contributed by atoms with van der Waals surface area (Å²) in [4.78, 5) is 10.9. The minimum Gasteiger partial charge on any atom is -0.300 e. The van der Waals surface area contributed by atoms with Crippen LogP contribution < -0.4 is 0 Å². The highest BCUT2D eigenvalue weighted by Crippen LogP contribution is 2.18. The van der Waals surface area contributed by atoms with Crippen LogP contribution in [0.25, 0.3) is 0 Å². The summed E-state index contributed by atoms with van der Waals surface area (Å²) in [5.41, 5.74) is 5.45. The Labute approximate surface area is 92.5 Å². The van der Waals surface area contributed by atoms with Crippen LogP contribution in [0.1, 0.15) is 42.0 Å². The SMILES string of the molecule is CC(=O)CCCc1c(C)cc(C)cc1C. The van der Waals surface area contributed by atoms with Crippen molar-refractivity contribution < 1.29 is 4.79 Å². The molecule has 82 valence electrons. The Hall–Kier alpha value is -1.11. The first-order valence-electron chi connectivity index (χ1n) is 5.57. The molecular weight excluding hydrogens is 184 g/mol. The lowest BCUT2D eigenvalue weighted by molar-refractivity contribution is -0.117. The third kappa shape index (κ3) is 3.50. The van der Waals surface area contributed by atoms with Crippen LogP contribution in [0.2, 0.25) is 0 Å². The lowest BCUT2D eigenvalue weighted by Crippen LogP contribution is -1.98. The van der Waals surface area contributed by atoms with Crippen LogP contribution in [0.4, 0.5) is 0 Å². The predicted octanol–water partition coefficient (Wildman–Crippen LogP) is 3.52. The molecule has 1 heteroatoms. The van der Waals surface area contributed by atoms with Crippen molar-refractivity contribution in [1.82, 2.24) is 0 Å². The van der Waals surface area contributed by atoms with Gasteiger partial charge in [-0.3, -0.25) is 0 Å². The van der Waals surface area contributed by atoms with E-state index in [9.17, 15) is 4.79 Å². The van der Waals surface area contributed by atoms with Gasteiger partial charge in [-0.2, -0.15) is 0 Å². The fourth-order valence-electron chi connectivity index (χ4n) is 2.12. The molecule has 0 heterocycles. The van der Waals surface area contributed by atoms with E-state index in [1.165, 1.54) is 22.3 Å². The van der Waals surface area contributed by atoms with Crippen molar-refractivity contribution in [2.24, 2.45) is 0 Å². The third-order valence-electron chi connectivity index (χ3n) is 2.80. The van der Waals surface area contributed by atoms with Gasteiger partial charge in [0, 0.05) is 6.42 Å². The molecular formula is C14H20O. The first-order valence-corrected chi connectivity index (χ1v) is 5.57. The fourth-order valence-corrected chi connectivity index (χ4v) is 2.12. The largest absolute Gasteiger partial charge is 0.300 e. The summed E-state index contributed by atoms with van der Waals surface area (Å²) < 4.78 is 0. The second-order valence-corrected chi connectivity index (χ2v) is 4.43. The fraction of sp³-hybridized carbons (Fsp3) is 0.500. The first-order chi connectivity index (χ1) is 7.00. The van der Waals surface area contributed by atoms with Crippen molar-refractivity contribution in [3.8, 4) is 0 Å². The minimum absolute atomic E-state index is 0.289. The highest BCUT2D eigenvalue weighted by molar-refractivity contribution is 5.75. The Bertz CT molecular complexity index is 341. The van der Waals surface area contributed by atoms with E-state index in [1.807, 2.05) is 0 Å². The standard InChI is InChI=1S/C14H20O/c1-10-8-11(2)14(12(3)9-10)7-5-6-13(4)15/h8-9H,5-7H2,1-4H3. The molecule has 1 nitrogen and oxygen atoms in total. The van der Waals surface area contributed by atoms with Gasteiger partial charge in [0.05, 0.1) is 0 Å². The monoisotopic (exact) mass is 204 g/mol. The summed E-state index contributed by atoms with van der Waals surface area (Å²) in [6, 6.07) is 4.44. The Kier molecular flexibility index (Phi) is 4.07. The summed E-state index contributed by atoms with van der Waals surface area (Å²) in [5, 5.41) is 0. The number of ketones is 1. The quantitative estimate of drug-likeness (QED) is 0.733. The molecule has 0 bridgehead atoms. The summed E-state index contributed by atoms with van der Waals surface area (Å²) in [6.07, 6.45) is 2.70. The van der Waals surface area contributed by atoms with E-state index in [0.717, 1.165) is 12.8 Å². The van der Waals surface area contributed by atoms with E-state index in [0.29, 0.717) is 6.42 Å². The van der Waals surface area contributed by atoms with Crippen LogP contribution in [0.3, 0.4) is 0 Å². The van der Waals surface area contributed by atoms with E-state index in [1.54, 1.807) is 6.92 Å². The van der Waals surface area contributed by atoms with Gasteiger partial charge in [-0.05, 0) is 57.2 Å². The Morgan fingerprint density at radius 2 is 1.67 bits per heavy atom. The number of carbonyl (C=O) groups is 1. The lowest BCUT2D eigenvalue weighted by Gasteiger charge is -2.10. The number of hydrogen-bond donors (Lipinski definition) is 0. The zero-order chi connectivity index (χ0) is 11.4. The molecule has 0 saturated heterocycles. The number of benzene rings is 1. The number of Topliss-reactive ketones (excluding diaryl/α,β-unsaturated/α-hetero) is 1. The van der Waals surface area contributed by atoms with Gasteiger partial charge >= 0.3 is 0 Å². The predicted molar refractivity (Wildman–Crippen MR) is 64.3 cm³/mol. The molecule has 0 aliphatic carbocycles. The van der Waals surface area contributed by atoms with Crippen LogP contribution in [0, 0.1) is 20.8 Å². The van der Waals surface area contributed by atoms with E-state index in [-0.39, 0.29) is 5.78 Å². The van der Waals surface area contributed by atoms with Gasteiger partial charge in [0.25, 0.3) is 0 Å². The molecule has 0 aliphatic heterocycles. The smallest absolute Gasteiger partial charge is 0.129 e. The van der Waals surface area contributed by atoms with E-state index in [2.05, 4.69) is 32.9 Å². The molecule has 0 atom stereocenters. The molecule has 0 radical (unpaired) electrons. The molecule has 0 amide bonds. The molecule has 0 spiro atoms. The molecule has 0 saturated carbocycles. The summed E-state index contributed by atoms with van der Waals surface area (Å²) in [5.74, 6) is 0.289. The Morgan fingerprint density at radius 1 is 1.13 bits per heavy atom. The highest BCUT2D eigenvalue weighted by Gasteiger charge is 2.04. The average Bonchev–Trinajstić information content (AvgIpc) is 2.08. The maximum atomic E-state index is 10.9. The van der Waals surface area contributed by atoms with Crippen LogP contribution in [0.5, 0.6) is 0 Å². The van der Waals surface area contributed by atoms with Crippen molar-refractivity contribution in [3.05, 3.63) is 34.4 Å². The molecule has 1 aromatic carbocycles. The zero-order valence-corrected chi connectivity index (χ0v) is 10.2. The normalized spacial score (nSPS) is 10.4. The molecule has 15 heavy (non-hydrogen) atoms. The molecule has 0 unspecified atom stereocenters. The summed E-state index contributed by atoms with van der Waals surface area (Å²) in [6.45, 7) is 8.10. The van der Waals surface area contributed by atoms with Gasteiger partial charge in [-0.1, -0.05) is 17.7 Å². The summed E-state index contributed by atoms with van der Waals surface area (Å²) in [7, 11) is 0. The van der Waals surface area contributed by atoms with Crippen molar-refractivity contribution >= 4 is 5.78 Å². The number of rotatable bonds is 4. The van der Waals surface area contributed by atoms with Crippen molar-refractivity contribution in [3.63, 3.8) is 0 Å². The van der Waals surface area contributed by atoms with Gasteiger partial charge in [-0.15, -0.1) is 0 Å². The van der Waals surface area contributed by atoms with Crippen LogP contribution >= 0.6 is 0 Å².